The molecule has 1 aliphatic heterocycles. The second-order valence-electron chi connectivity index (χ2n) is 7.16. The van der Waals surface area contributed by atoms with Crippen LogP contribution in [0.2, 0.25) is 0 Å². The van der Waals surface area contributed by atoms with Gasteiger partial charge in [-0.05, 0) is 38.7 Å². The minimum Gasteiger partial charge on any atom is -0.399 e. The predicted molar refractivity (Wildman–Crippen MR) is 86.2 cm³/mol. The van der Waals surface area contributed by atoms with E-state index in [1.807, 2.05) is 27.7 Å². The summed E-state index contributed by atoms with van der Waals surface area (Å²) in [7, 11) is -0.495. The molecule has 0 saturated carbocycles. The molecule has 7 heteroatoms. The summed E-state index contributed by atoms with van der Waals surface area (Å²) in [5, 5.41) is 0. The molecule has 1 aromatic rings. The van der Waals surface area contributed by atoms with Crippen LogP contribution in [0.3, 0.4) is 0 Å². The van der Waals surface area contributed by atoms with E-state index in [0.717, 1.165) is 5.46 Å². The van der Waals surface area contributed by atoms with Crippen molar-refractivity contribution in [2.45, 2.75) is 64.3 Å². The highest BCUT2D eigenvalue weighted by Gasteiger charge is 2.51. The Hall–Kier alpha value is -1.34. The van der Waals surface area contributed by atoms with Crippen LogP contribution in [0.25, 0.3) is 0 Å². The van der Waals surface area contributed by atoms with E-state index >= 15 is 0 Å². The van der Waals surface area contributed by atoms with Crippen molar-refractivity contribution in [1.29, 1.82) is 0 Å². The van der Waals surface area contributed by atoms with E-state index in [-0.39, 0.29) is 6.42 Å². The van der Waals surface area contributed by atoms with Gasteiger partial charge in [0.15, 0.2) is 0 Å². The van der Waals surface area contributed by atoms with Gasteiger partial charge in [0.2, 0.25) is 0 Å². The number of alkyl halides is 3. The quantitative estimate of drug-likeness (QED) is 0.769. The molecular formula is C17H22BF3O3. The van der Waals surface area contributed by atoms with Gasteiger partial charge in [-0.3, -0.25) is 4.79 Å². The molecule has 0 spiro atoms. The Morgan fingerprint density at radius 2 is 1.54 bits per heavy atom. The van der Waals surface area contributed by atoms with Gasteiger partial charge in [-0.25, -0.2) is 0 Å². The van der Waals surface area contributed by atoms with Crippen LogP contribution in [-0.4, -0.2) is 30.3 Å². The van der Waals surface area contributed by atoms with Crippen molar-refractivity contribution < 1.29 is 27.3 Å². The van der Waals surface area contributed by atoms with Gasteiger partial charge in [0.05, 0.1) is 17.6 Å². The summed E-state index contributed by atoms with van der Waals surface area (Å²) in [5.74, 6) is -0.421. The van der Waals surface area contributed by atoms with Gasteiger partial charge in [0, 0.05) is 12.8 Å². The number of rotatable bonds is 5. The first-order valence-electron chi connectivity index (χ1n) is 7.92. The third-order valence-corrected chi connectivity index (χ3v) is 4.59. The average Bonchev–Trinajstić information content (AvgIpc) is 2.65. The molecule has 0 atom stereocenters. The van der Waals surface area contributed by atoms with Crippen molar-refractivity contribution in [1.82, 2.24) is 0 Å². The van der Waals surface area contributed by atoms with Crippen LogP contribution < -0.4 is 5.46 Å². The van der Waals surface area contributed by atoms with Crippen molar-refractivity contribution in [3.05, 3.63) is 29.8 Å². The van der Waals surface area contributed by atoms with E-state index in [2.05, 4.69) is 0 Å². The Kier molecular flexibility index (Phi) is 5.16. The lowest BCUT2D eigenvalue weighted by Gasteiger charge is -2.32. The number of ketones is 1. The highest BCUT2D eigenvalue weighted by molar-refractivity contribution is 6.62. The first kappa shape index (κ1) is 19.0. The number of carbonyl (C=O) groups is 1. The molecule has 0 aliphatic carbocycles. The minimum atomic E-state index is -4.30. The first-order chi connectivity index (χ1) is 10.9. The molecule has 0 radical (unpaired) electrons. The van der Waals surface area contributed by atoms with Crippen molar-refractivity contribution in [2.75, 3.05) is 0 Å². The number of benzene rings is 1. The second kappa shape index (κ2) is 6.52. The van der Waals surface area contributed by atoms with Gasteiger partial charge >= 0.3 is 13.3 Å². The summed E-state index contributed by atoms with van der Waals surface area (Å²) >= 11 is 0. The summed E-state index contributed by atoms with van der Waals surface area (Å²) in [4.78, 5) is 11.6. The van der Waals surface area contributed by atoms with E-state index in [9.17, 15) is 18.0 Å². The molecule has 3 nitrogen and oxygen atoms in total. The van der Waals surface area contributed by atoms with Crippen LogP contribution in [0.5, 0.6) is 0 Å². The highest BCUT2D eigenvalue weighted by Crippen LogP contribution is 2.36. The van der Waals surface area contributed by atoms with E-state index in [1.165, 1.54) is 0 Å². The molecule has 1 saturated heterocycles. The molecule has 132 valence electrons. The Bertz CT molecular complexity index is 578. The van der Waals surface area contributed by atoms with Gasteiger partial charge in [0.1, 0.15) is 5.78 Å². The van der Waals surface area contributed by atoms with Crippen LogP contribution in [0.15, 0.2) is 24.3 Å². The summed E-state index contributed by atoms with van der Waals surface area (Å²) in [5.41, 5.74) is 0.621. The van der Waals surface area contributed by atoms with Gasteiger partial charge in [-0.2, -0.15) is 13.2 Å². The molecule has 1 heterocycles. The molecular weight excluding hydrogens is 320 g/mol. The third kappa shape index (κ3) is 4.60. The van der Waals surface area contributed by atoms with Crippen LogP contribution in [0.4, 0.5) is 13.2 Å². The largest absolute Gasteiger partial charge is 0.494 e. The zero-order valence-electron chi connectivity index (χ0n) is 14.4. The lowest BCUT2D eigenvalue weighted by atomic mass is 9.78. The summed E-state index contributed by atoms with van der Waals surface area (Å²) in [6.07, 6.45) is -5.85. The molecule has 24 heavy (non-hydrogen) atoms. The number of hydrogen-bond donors (Lipinski definition) is 0. The molecule has 0 amide bonds. The highest BCUT2D eigenvalue weighted by atomic mass is 19.4. The molecule has 0 unspecified atom stereocenters. The first-order valence-corrected chi connectivity index (χ1v) is 7.92. The number of halogens is 3. The number of Topliss-reactive ketones (excluding diaryl/α,β-unsaturated/α-hetero) is 1. The molecule has 0 aromatic heterocycles. The zero-order valence-corrected chi connectivity index (χ0v) is 14.4. The van der Waals surface area contributed by atoms with Gasteiger partial charge < -0.3 is 9.31 Å². The monoisotopic (exact) mass is 342 g/mol. The van der Waals surface area contributed by atoms with Crippen molar-refractivity contribution >= 4 is 18.4 Å². The van der Waals surface area contributed by atoms with E-state index in [4.69, 9.17) is 9.31 Å². The number of carbonyl (C=O) groups excluding carboxylic acids is 1. The third-order valence-electron chi connectivity index (χ3n) is 4.59. The minimum absolute atomic E-state index is 0.000271. The van der Waals surface area contributed by atoms with E-state index in [0.29, 0.717) is 5.56 Å². The fourth-order valence-electron chi connectivity index (χ4n) is 2.37. The molecule has 1 aromatic carbocycles. The maximum absolute atomic E-state index is 12.1. The zero-order chi connectivity index (χ0) is 18.2. The topological polar surface area (TPSA) is 35.5 Å². The number of hydrogen-bond acceptors (Lipinski definition) is 3. The average molecular weight is 342 g/mol. The lowest BCUT2D eigenvalue weighted by Crippen LogP contribution is -2.41. The van der Waals surface area contributed by atoms with Gasteiger partial charge in [0.25, 0.3) is 0 Å². The lowest BCUT2D eigenvalue weighted by molar-refractivity contribution is -0.143. The second-order valence-corrected chi connectivity index (χ2v) is 7.16. The van der Waals surface area contributed by atoms with Gasteiger partial charge in [-0.15, -0.1) is 0 Å². The summed E-state index contributed by atoms with van der Waals surface area (Å²) in [6, 6.07) is 7.03. The predicted octanol–water partition coefficient (Wildman–Crippen LogP) is 3.44. The van der Waals surface area contributed by atoms with E-state index in [1.54, 1.807) is 24.3 Å². The SMILES string of the molecule is CC1(C)OB(c2ccc(CC(=O)CCC(F)(F)F)cc2)OC1(C)C. The Labute approximate surface area is 140 Å². The fourth-order valence-corrected chi connectivity index (χ4v) is 2.37. The molecule has 0 N–H and O–H groups in total. The Balaban J connectivity index is 1.96. The van der Waals surface area contributed by atoms with Crippen LogP contribution >= 0.6 is 0 Å². The van der Waals surface area contributed by atoms with Crippen molar-refractivity contribution in [2.24, 2.45) is 0 Å². The maximum Gasteiger partial charge on any atom is 0.494 e. The molecule has 0 bridgehead atoms. The normalized spacial score (nSPS) is 19.5. The Morgan fingerprint density at radius 3 is 2.00 bits per heavy atom. The summed E-state index contributed by atoms with van der Waals surface area (Å²) < 4.78 is 48.2. The smallest absolute Gasteiger partial charge is 0.399 e. The van der Waals surface area contributed by atoms with Crippen LogP contribution in [0, 0.1) is 0 Å². The standard InChI is InChI=1S/C17H22BF3O3/c1-15(2)16(3,4)24-18(23-15)13-7-5-12(6-8-13)11-14(22)9-10-17(19,20)21/h5-8H,9-11H2,1-4H3. The van der Waals surface area contributed by atoms with Crippen LogP contribution in [-0.2, 0) is 20.5 Å². The van der Waals surface area contributed by atoms with Gasteiger partial charge in [-0.1, -0.05) is 24.3 Å². The maximum atomic E-state index is 12.1. The molecule has 1 aliphatic rings. The molecule has 1 fully saturated rings. The van der Waals surface area contributed by atoms with Crippen molar-refractivity contribution in [3.63, 3.8) is 0 Å². The van der Waals surface area contributed by atoms with Crippen LogP contribution in [0.1, 0.15) is 46.1 Å². The molecule has 2 rings (SSSR count). The van der Waals surface area contributed by atoms with Crippen molar-refractivity contribution in [3.8, 4) is 0 Å². The fraction of sp³-hybridized carbons (Fsp3) is 0.588. The van der Waals surface area contributed by atoms with E-state index < -0.39 is 43.1 Å². The Morgan fingerprint density at radius 1 is 1.04 bits per heavy atom. The summed E-state index contributed by atoms with van der Waals surface area (Å²) in [6.45, 7) is 7.84.